The summed E-state index contributed by atoms with van der Waals surface area (Å²) < 4.78 is 1.79. The first-order chi connectivity index (χ1) is 13.7. The van der Waals surface area contributed by atoms with E-state index >= 15 is 0 Å². The summed E-state index contributed by atoms with van der Waals surface area (Å²) in [5.41, 5.74) is 1.48. The van der Waals surface area contributed by atoms with Crippen molar-refractivity contribution in [3.8, 4) is 0 Å². The van der Waals surface area contributed by atoms with Gasteiger partial charge < -0.3 is 4.90 Å². The predicted octanol–water partition coefficient (Wildman–Crippen LogP) is 1.35. The van der Waals surface area contributed by atoms with Crippen molar-refractivity contribution < 1.29 is 9.59 Å². The second-order valence-corrected chi connectivity index (χ2v) is 6.84. The van der Waals surface area contributed by atoms with E-state index in [4.69, 9.17) is 0 Å². The molecule has 0 aliphatic carbocycles. The number of benzene rings is 1. The number of hydrogen-bond donors (Lipinski definition) is 0. The number of aromatic nitrogens is 6. The first kappa shape index (κ1) is 18.0. The number of Topliss-reactive ketones (excluding diaryl/α,β-unsaturated/α-hetero) is 1. The van der Waals surface area contributed by atoms with E-state index in [0.717, 1.165) is 5.69 Å². The zero-order valence-electron chi connectivity index (χ0n) is 15.4. The van der Waals surface area contributed by atoms with E-state index in [2.05, 4.69) is 20.5 Å². The molecule has 4 rings (SSSR count). The monoisotopic (exact) mass is 379 g/mol. The van der Waals surface area contributed by atoms with Gasteiger partial charge in [-0.2, -0.15) is 15.0 Å². The zero-order chi connectivity index (χ0) is 19.3. The molecule has 3 aromatic rings. The predicted molar refractivity (Wildman–Crippen MR) is 99.4 cm³/mol. The third-order valence-electron chi connectivity index (χ3n) is 4.81. The maximum atomic E-state index is 12.3. The zero-order valence-corrected chi connectivity index (χ0v) is 15.4. The highest BCUT2D eigenvalue weighted by Gasteiger charge is 2.32. The van der Waals surface area contributed by atoms with E-state index in [1.807, 2.05) is 24.4 Å². The highest BCUT2D eigenvalue weighted by atomic mass is 16.2. The molecule has 144 valence electrons. The molecule has 1 amide bonds. The third-order valence-corrected chi connectivity index (χ3v) is 4.81. The van der Waals surface area contributed by atoms with Crippen molar-refractivity contribution in [3.63, 3.8) is 0 Å². The molecule has 28 heavy (non-hydrogen) atoms. The summed E-state index contributed by atoms with van der Waals surface area (Å²) in [6.07, 6.45) is 6.45. The van der Waals surface area contributed by atoms with Crippen molar-refractivity contribution in [1.82, 2.24) is 34.9 Å². The van der Waals surface area contributed by atoms with Crippen LogP contribution in [-0.2, 0) is 11.3 Å². The minimum Gasteiger partial charge on any atom is -0.338 e. The number of ketones is 1. The quantitative estimate of drug-likeness (QED) is 0.548. The highest BCUT2D eigenvalue weighted by Crippen LogP contribution is 2.22. The van der Waals surface area contributed by atoms with Crippen LogP contribution >= 0.6 is 0 Å². The molecule has 0 unspecified atom stereocenters. The fourth-order valence-electron chi connectivity index (χ4n) is 3.19. The van der Waals surface area contributed by atoms with Crippen LogP contribution in [0, 0.1) is 0 Å². The lowest BCUT2D eigenvalue weighted by molar-refractivity contribution is -0.137. The van der Waals surface area contributed by atoms with Gasteiger partial charge in [0.15, 0.2) is 5.78 Å². The lowest BCUT2D eigenvalue weighted by atomic mass is 10.0. The lowest BCUT2D eigenvalue weighted by Gasteiger charge is -2.39. The van der Waals surface area contributed by atoms with Crippen LogP contribution in [0.25, 0.3) is 0 Å². The normalized spacial score (nSPS) is 14.1. The lowest BCUT2D eigenvalue weighted by Crippen LogP contribution is -2.50. The van der Waals surface area contributed by atoms with Gasteiger partial charge >= 0.3 is 0 Å². The second kappa shape index (κ2) is 8.12. The molecule has 0 bridgehead atoms. The summed E-state index contributed by atoms with van der Waals surface area (Å²) >= 11 is 0. The van der Waals surface area contributed by atoms with Crippen molar-refractivity contribution >= 4 is 11.7 Å². The Kier molecular flexibility index (Phi) is 5.22. The molecule has 0 saturated carbocycles. The molecule has 9 nitrogen and oxygen atoms in total. The molecule has 0 spiro atoms. The first-order valence-corrected chi connectivity index (χ1v) is 9.30. The Morgan fingerprint density at radius 3 is 2.54 bits per heavy atom. The molecule has 0 radical (unpaired) electrons. The number of amides is 1. The maximum Gasteiger partial charge on any atom is 0.222 e. The van der Waals surface area contributed by atoms with Gasteiger partial charge in [0, 0.05) is 31.5 Å². The Hall–Kier alpha value is -3.36. The van der Waals surface area contributed by atoms with Crippen LogP contribution < -0.4 is 0 Å². The fourth-order valence-corrected chi connectivity index (χ4v) is 3.19. The number of nitrogens with zero attached hydrogens (tertiary/aromatic N) is 7. The minimum absolute atomic E-state index is 0.0803. The first-order valence-electron chi connectivity index (χ1n) is 9.30. The molecule has 1 aliphatic rings. The molecule has 1 saturated heterocycles. The van der Waals surface area contributed by atoms with Crippen LogP contribution in [0.4, 0.5) is 0 Å². The Morgan fingerprint density at radius 2 is 1.79 bits per heavy atom. The summed E-state index contributed by atoms with van der Waals surface area (Å²) in [5, 5.41) is 16.4. The topological polar surface area (TPSA) is 98.8 Å². The number of carbonyl (C=O) groups is 2. The summed E-state index contributed by atoms with van der Waals surface area (Å²) in [6, 6.07) is 9.33. The molecule has 1 aromatic carbocycles. The number of hydrogen-bond acceptors (Lipinski definition) is 6. The molecule has 0 atom stereocenters. The smallest absolute Gasteiger partial charge is 0.222 e. The maximum absolute atomic E-state index is 12.3. The van der Waals surface area contributed by atoms with Gasteiger partial charge in [0.25, 0.3) is 0 Å². The van der Waals surface area contributed by atoms with Gasteiger partial charge in [0.1, 0.15) is 12.2 Å². The largest absolute Gasteiger partial charge is 0.338 e. The molecule has 1 aliphatic heterocycles. The van der Waals surface area contributed by atoms with Crippen molar-refractivity contribution in [2.45, 2.75) is 31.8 Å². The van der Waals surface area contributed by atoms with Gasteiger partial charge in [-0.15, -0.1) is 5.10 Å². The summed E-state index contributed by atoms with van der Waals surface area (Å²) in [6.45, 7) is 1.71. The number of carbonyl (C=O) groups excluding carboxylic acids is 2. The van der Waals surface area contributed by atoms with Gasteiger partial charge in [-0.3, -0.25) is 9.59 Å². The molecular weight excluding hydrogens is 358 g/mol. The summed E-state index contributed by atoms with van der Waals surface area (Å²) in [7, 11) is 0. The van der Waals surface area contributed by atoms with Crippen molar-refractivity contribution in [2.75, 3.05) is 13.1 Å². The summed E-state index contributed by atoms with van der Waals surface area (Å²) in [4.78, 5) is 27.7. The highest BCUT2D eigenvalue weighted by molar-refractivity contribution is 5.96. The van der Waals surface area contributed by atoms with Gasteiger partial charge in [0.05, 0.1) is 24.6 Å². The van der Waals surface area contributed by atoms with Crippen LogP contribution in [0.15, 0.2) is 48.9 Å². The van der Waals surface area contributed by atoms with E-state index in [0.29, 0.717) is 44.5 Å². The molecule has 2 aromatic heterocycles. The van der Waals surface area contributed by atoms with Gasteiger partial charge in [-0.05, 0) is 6.42 Å². The molecular formula is C19H21N7O2. The van der Waals surface area contributed by atoms with Gasteiger partial charge in [-0.1, -0.05) is 35.5 Å². The average molecular weight is 379 g/mol. The molecule has 0 N–H and O–H groups in total. The van der Waals surface area contributed by atoms with Crippen LogP contribution in [0.2, 0.25) is 0 Å². The van der Waals surface area contributed by atoms with Crippen molar-refractivity contribution in [2.24, 2.45) is 0 Å². The van der Waals surface area contributed by atoms with Gasteiger partial charge in [-0.25, -0.2) is 4.68 Å². The standard InChI is InChI=1S/C19H21N7O2/c27-18(15-5-2-1-3-6-15)7-4-8-19(28)24-13-17(14-24)25-11-16(22-23-25)12-26-20-9-10-21-26/h1-3,5-6,9-11,17H,4,7-8,12-14H2. The van der Waals surface area contributed by atoms with Gasteiger partial charge in [0.2, 0.25) is 5.91 Å². The van der Waals surface area contributed by atoms with Crippen molar-refractivity contribution in [1.29, 1.82) is 0 Å². The molecule has 9 heteroatoms. The third kappa shape index (κ3) is 4.13. The number of rotatable bonds is 8. The van der Waals surface area contributed by atoms with Crippen LogP contribution in [0.5, 0.6) is 0 Å². The minimum atomic E-state index is 0.0803. The number of likely N-dealkylation sites (tertiary alicyclic amines) is 1. The van der Waals surface area contributed by atoms with Crippen molar-refractivity contribution in [3.05, 3.63) is 60.2 Å². The van der Waals surface area contributed by atoms with Crippen LogP contribution in [0.3, 0.4) is 0 Å². The fraction of sp³-hybridized carbons (Fsp3) is 0.368. The van der Waals surface area contributed by atoms with E-state index < -0.39 is 0 Å². The van der Waals surface area contributed by atoms with E-state index in [-0.39, 0.29) is 17.7 Å². The Labute approximate surface area is 161 Å². The Morgan fingerprint density at radius 1 is 1.04 bits per heavy atom. The average Bonchev–Trinajstić information content (AvgIpc) is 3.34. The molecule has 1 fully saturated rings. The van der Waals surface area contributed by atoms with E-state index in [1.165, 1.54) is 0 Å². The van der Waals surface area contributed by atoms with E-state index in [9.17, 15) is 9.59 Å². The summed E-state index contributed by atoms with van der Waals surface area (Å²) in [5.74, 6) is 0.162. The Balaban J connectivity index is 1.19. The van der Waals surface area contributed by atoms with Crippen LogP contribution in [0.1, 0.15) is 41.4 Å². The SMILES string of the molecule is O=C(CCCC(=O)N1CC(n2cc(Cn3nccn3)nn2)C1)c1ccccc1. The second-order valence-electron chi connectivity index (χ2n) is 6.84. The van der Waals surface area contributed by atoms with E-state index in [1.54, 1.807) is 38.9 Å². The van der Waals surface area contributed by atoms with Crippen LogP contribution in [-0.4, -0.2) is 59.7 Å². The molecule has 3 heterocycles. The Bertz CT molecular complexity index is 930.